The summed E-state index contributed by atoms with van der Waals surface area (Å²) in [6, 6.07) is 14.8. The Morgan fingerprint density at radius 3 is 2.37 bits per heavy atom. The van der Waals surface area contributed by atoms with Crippen molar-refractivity contribution < 1.29 is 27.5 Å². The molecule has 0 spiro atoms. The van der Waals surface area contributed by atoms with Crippen LogP contribution < -0.4 is 4.72 Å². The smallest absolute Gasteiger partial charge is 0.338 e. The molecule has 0 radical (unpaired) electrons. The van der Waals surface area contributed by atoms with Gasteiger partial charge in [0.05, 0.1) is 10.5 Å². The van der Waals surface area contributed by atoms with E-state index in [9.17, 15) is 18.0 Å². The fourth-order valence-corrected chi connectivity index (χ4v) is 3.64. The van der Waals surface area contributed by atoms with Gasteiger partial charge < -0.3 is 9.47 Å². The summed E-state index contributed by atoms with van der Waals surface area (Å²) in [6.45, 7) is -0.575. The Hall–Kier alpha value is -3.20. The molecule has 0 aliphatic carbocycles. The highest BCUT2D eigenvalue weighted by Crippen LogP contribution is 2.21. The van der Waals surface area contributed by atoms with E-state index in [1.807, 2.05) is 0 Å². The minimum atomic E-state index is -3.65. The Kier molecular flexibility index (Phi) is 5.51. The second kappa shape index (κ2) is 8.00. The fraction of sp³-hybridized carbons (Fsp3) is 0.167. The van der Waals surface area contributed by atoms with Crippen LogP contribution in [0.15, 0.2) is 64.5 Å². The molecule has 1 aliphatic heterocycles. The largest absolute Gasteiger partial charge is 0.461 e. The third-order valence-corrected chi connectivity index (χ3v) is 5.02. The number of rotatable bonds is 6. The van der Waals surface area contributed by atoms with Crippen molar-refractivity contribution >= 4 is 27.8 Å². The molecule has 0 aromatic heterocycles. The van der Waals surface area contributed by atoms with Crippen molar-refractivity contribution in [1.82, 2.24) is 4.72 Å². The molecule has 3 rings (SSSR count). The molecule has 0 bridgehead atoms. The van der Waals surface area contributed by atoms with Crippen LogP contribution in [0, 0.1) is 0 Å². The third kappa shape index (κ3) is 4.50. The number of esters is 2. The quantitative estimate of drug-likeness (QED) is 0.586. The molecule has 1 aliphatic rings. The average Bonchev–Trinajstić information content (AvgIpc) is 2.95. The first kappa shape index (κ1) is 18.6. The van der Waals surface area contributed by atoms with Gasteiger partial charge >= 0.3 is 11.9 Å². The van der Waals surface area contributed by atoms with E-state index in [0.717, 1.165) is 0 Å². The molecule has 0 saturated carbocycles. The van der Waals surface area contributed by atoms with E-state index in [2.05, 4.69) is 9.71 Å². The van der Waals surface area contributed by atoms with Gasteiger partial charge in [-0.25, -0.2) is 13.2 Å². The third-order valence-electron chi connectivity index (χ3n) is 3.62. The van der Waals surface area contributed by atoms with Crippen LogP contribution in [-0.2, 0) is 24.3 Å². The lowest BCUT2D eigenvalue weighted by molar-refractivity contribution is -0.142. The molecule has 2 aromatic rings. The first-order valence-electron chi connectivity index (χ1n) is 8.02. The van der Waals surface area contributed by atoms with Crippen molar-refractivity contribution in [3.05, 3.63) is 65.7 Å². The zero-order chi connectivity index (χ0) is 19.3. The number of sulfonamides is 1. The van der Waals surface area contributed by atoms with Crippen LogP contribution in [-0.4, -0.2) is 46.0 Å². The number of carbonyl (C=O) groups is 2. The van der Waals surface area contributed by atoms with E-state index in [1.54, 1.807) is 48.5 Å². The molecule has 0 saturated heterocycles. The van der Waals surface area contributed by atoms with Gasteiger partial charge in [0.15, 0.2) is 0 Å². The number of nitrogens with one attached hydrogen (secondary N) is 1. The molecule has 1 N–H and O–H groups in total. The van der Waals surface area contributed by atoms with Gasteiger partial charge in [-0.15, -0.1) is 0 Å². The lowest BCUT2D eigenvalue weighted by Crippen LogP contribution is -2.23. The molecule has 2 aromatic carbocycles. The van der Waals surface area contributed by atoms with E-state index in [4.69, 9.17) is 9.47 Å². The number of carbonyl (C=O) groups excluding carboxylic acids is 2. The van der Waals surface area contributed by atoms with Gasteiger partial charge in [0, 0.05) is 5.56 Å². The maximum absolute atomic E-state index is 11.9. The van der Waals surface area contributed by atoms with Crippen molar-refractivity contribution in [3.8, 4) is 0 Å². The van der Waals surface area contributed by atoms with Crippen LogP contribution in [0.4, 0.5) is 0 Å². The number of benzene rings is 2. The summed E-state index contributed by atoms with van der Waals surface area (Å²) in [5, 5.41) is 0. The topological polar surface area (TPSA) is 111 Å². The normalized spacial score (nSPS) is 15.6. The second-order valence-corrected chi connectivity index (χ2v) is 7.14. The highest BCUT2D eigenvalue weighted by atomic mass is 32.2. The second-order valence-electron chi connectivity index (χ2n) is 5.49. The van der Waals surface area contributed by atoms with Crippen molar-refractivity contribution in [2.75, 3.05) is 19.8 Å². The summed E-state index contributed by atoms with van der Waals surface area (Å²) in [5.74, 6) is -1.08. The van der Waals surface area contributed by atoms with E-state index in [0.29, 0.717) is 11.1 Å². The van der Waals surface area contributed by atoms with Gasteiger partial charge in [0.1, 0.15) is 25.6 Å². The van der Waals surface area contributed by atoms with E-state index in [1.165, 1.54) is 6.07 Å². The highest BCUT2D eigenvalue weighted by molar-refractivity contribution is 7.90. The van der Waals surface area contributed by atoms with Crippen LogP contribution in [0.3, 0.4) is 0 Å². The Balaban J connectivity index is 1.47. The number of aliphatic imine (C=N–C) groups is 1. The lowest BCUT2D eigenvalue weighted by atomic mass is 10.2. The predicted molar refractivity (Wildman–Crippen MR) is 95.9 cm³/mol. The predicted octanol–water partition coefficient (Wildman–Crippen LogP) is 1.13. The molecular weight excluding hydrogens is 372 g/mol. The van der Waals surface area contributed by atoms with Gasteiger partial charge in [0.25, 0.3) is 10.0 Å². The standard InChI is InChI=1S/C18H16N2O6S/c21-16(25-10-11-26-18(22)13-6-2-1-3-7-13)12-19-17-14-8-4-5-9-15(14)27(23,24)20-17/h1-9H,10-12H2,(H,19,20). The summed E-state index contributed by atoms with van der Waals surface area (Å²) in [5.41, 5.74) is 0.810. The number of ether oxygens (including phenoxy) is 2. The van der Waals surface area contributed by atoms with E-state index >= 15 is 0 Å². The maximum atomic E-state index is 11.9. The number of amidine groups is 1. The number of nitrogens with zero attached hydrogens (tertiary/aromatic N) is 1. The molecule has 0 unspecified atom stereocenters. The van der Waals surface area contributed by atoms with Gasteiger partial charge in [-0.1, -0.05) is 30.3 Å². The van der Waals surface area contributed by atoms with Crippen molar-refractivity contribution in [2.24, 2.45) is 4.99 Å². The van der Waals surface area contributed by atoms with Gasteiger partial charge in [-0.3, -0.25) is 14.5 Å². The van der Waals surface area contributed by atoms with Crippen LogP contribution >= 0.6 is 0 Å². The molecule has 0 fully saturated rings. The zero-order valence-electron chi connectivity index (χ0n) is 14.1. The average molecular weight is 388 g/mol. The lowest BCUT2D eigenvalue weighted by Gasteiger charge is -2.06. The molecule has 0 amide bonds. The van der Waals surface area contributed by atoms with Crippen LogP contribution in [0.25, 0.3) is 0 Å². The molecule has 0 atom stereocenters. The number of fused-ring (bicyclic) bond motifs is 1. The summed E-state index contributed by atoms with van der Waals surface area (Å²) >= 11 is 0. The summed E-state index contributed by atoms with van der Waals surface area (Å²) in [6.07, 6.45) is 0. The molecule has 9 heteroatoms. The minimum Gasteiger partial charge on any atom is -0.461 e. The molecule has 1 heterocycles. The number of hydrogen-bond acceptors (Lipinski definition) is 7. The first-order valence-corrected chi connectivity index (χ1v) is 9.50. The molecule has 140 valence electrons. The van der Waals surface area contributed by atoms with Gasteiger partial charge in [-0.05, 0) is 24.3 Å². The van der Waals surface area contributed by atoms with Crippen LogP contribution in [0.1, 0.15) is 15.9 Å². The van der Waals surface area contributed by atoms with Gasteiger partial charge in [0.2, 0.25) is 0 Å². The minimum absolute atomic E-state index is 0.0918. The first-order chi connectivity index (χ1) is 13.0. The molecule has 8 nitrogen and oxygen atoms in total. The van der Waals surface area contributed by atoms with Crippen molar-refractivity contribution in [1.29, 1.82) is 0 Å². The van der Waals surface area contributed by atoms with Crippen LogP contribution in [0.5, 0.6) is 0 Å². The molecular formula is C18H16N2O6S. The summed E-state index contributed by atoms with van der Waals surface area (Å²) in [7, 11) is -3.65. The monoisotopic (exact) mass is 388 g/mol. The Morgan fingerprint density at radius 2 is 1.59 bits per heavy atom. The van der Waals surface area contributed by atoms with Crippen LogP contribution in [0.2, 0.25) is 0 Å². The fourth-order valence-electron chi connectivity index (χ4n) is 2.39. The SMILES string of the molecule is O=C(CN=C1NS(=O)(=O)c2ccccc21)OCCOC(=O)c1ccccc1. The number of hydrogen-bond donors (Lipinski definition) is 1. The zero-order valence-corrected chi connectivity index (χ0v) is 14.9. The maximum Gasteiger partial charge on any atom is 0.338 e. The summed E-state index contributed by atoms with van der Waals surface area (Å²) < 4.78 is 36.1. The van der Waals surface area contributed by atoms with Crippen molar-refractivity contribution in [3.63, 3.8) is 0 Å². The Bertz CT molecular complexity index is 986. The Morgan fingerprint density at radius 1 is 0.926 bits per heavy atom. The van der Waals surface area contributed by atoms with E-state index < -0.39 is 22.0 Å². The highest BCUT2D eigenvalue weighted by Gasteiger charge is 2.30. The Labute approximate surface area is 155 Å². The van der Waals surface area contributed by atoms with Crippen molar-refractivity contribution in [2.45, 2.75) is 4.90 Å². The van der Waals surface area contributed by atoms with E-state index in [-0.39, 0.29) is 30.5 Å². The molecule has 27 heavy (non-hydrogen) atoms. The summed E-state index contributed by atoms with van der Waals surface area (Å²) in [4.78, 5) is 27.5. The van der Waals surface area contributed by atoms with Gasteiger partial charge in [-0.2, -0.15) is 0 Å².